The maximum absolute atomic E-state index is 9.97. The minimum Gasteiger partial charge on any atom is -0.788 e. The minimum absolute atomic E-state index is 0.261. The average Bonchev–Trinajstić information content (AvgIpc) is 1.98. The molecule has 0 aliphatic heterocycles. The van der Waals surface area contributed by atoms with Crippen LogP contribution in [0.3, 0.4) is 0 Å². The van der Waals surface area contributed by atoms with E-state index >= 15 is 0 Å². The van der Waals surface area contributed by atoms with Gasteiger partial charge >= 0.3 is 0 Å². The lowest BCUT2D eigenvalue weighted by atomic mass is 10.2. The molecular weight excluding hydrogens is 185 g/mol. The van der Waals surface area contributed by atoms with Crippen molar-refractivity contribution in [3.8, 4) is 0 Å². The van der Waals surface area contributed by atoms with E-state index in [-0.39, 0.29) is 6.54 Å². The van der Waals surface area contributed by atoms with Crippen molar-refractivity contribution in [2.24, 2.45) is 0 Å². The Labute approximate surface area is 74.7 Å². The molecule has 0 radical (unpaired) electrons. The topological polar surface area (TPSA) is 35.1 Å². The number of halogens is 2. The van der Waals surface area contributed by atoms with Gasteiger partial charge in [0.15, 0.2) is 0 Å². The van der Waals surface area contributed by atoms with E-state index in [1.807, 2.05) is 0 Å². The average molecular weight is 191 g/mol. The van der Waals surface area contributed by atoms with Gasteiger partial charge in [-0.15, -0.1) is 0 Å². The van der Waals surface area contributed by atoms with E-state index in [0.29, 0.717) is 10.0 Å². The van der Waals surface area contributed by atoms with Gasteiger partial charge in [-0.3, -0.25) is 0 Å². The molecule has 0 saturated carbocycles. The van der Waals surface area contributed by atoms with Crippen LogP contribution in [-0.2, 0) is 6.54 Å². The summed E-state index contributed by atoms with van der Waals surface area (Å²) in [5, 5.41) is 10.9. The summed E-state index contributed by atoms with van der Waals surface area (Å²) in [5.41, 5.74) is 2.61. The number of hydroxylamine groups is 1. The molecule has 0 fully saturated rings. The van der Waals surface area contributed by atoms with E-state index in [0.717, 1.165) is 5.56 Å². The lowest BCUT2D eigenvalue weighted by molar-refractivity contribution is 0.876. The predicted molar refractivity (Wildman–Crippen MR) is 46.7 cm³/mol. The fourth-order valence-electron chi connectivity index (χ4n) is 0.733. The highest BCUT2D eigenvalue weighted by Crippen LogP contribution is 2.22. The molecule has 0 amide bonds. The summed E-state index contributed by atoms with van der Waals surface area (Å²) in [6.07, 6.45) is 0. The molecule has 11 heavy (non-hydrogen) atoms. The second-order valence-electron chi connectivity index (χ2n) is 2.07. The molecule has 60 valence electrons. The van der Waals surface area contributed by atoms with Crippen LogP contribution in [0.15, 0.2) is 18.2 Å². The Morgan fingerprint density at radius 2 is 2.00 bits per heavy atom. The third-order valence-electron chi connectivity index (χ3n) is 1.26. The van der Waals surface area contributed by atoms with Crippen molar-refractivity contribution in [1.29, 1.82) is 0 Å². The van der Waals surface area contributed by atoms with Gasteiger partial charge in [-0.2, -0.15) is 0 Å². The molecule has 1 rings (SSSR count). The van der Waals surface area contributed by atoms with Crippen LogP contribution in [-0.4, -0.2) is 0 Å². The second-order valence-corrected chi connectivity index (χ2v) is 2.88. The van der Waals surface area contributed by atoms with Crippen LogP contribution in [0.2, 0.25) is 10.0 Å². The Hall–Kier alpha value is -0.280. The molecule has 0 saturated heterocycles. The quantitative estimate of drug-likeness (QED) is 0.729. The molecule has 0 spiro atoms. The highest BCUT2D eigenvalue weighted by molar-refractivity contribution is 6.41. The molecular formula is C7H6Cl2NO-. The zero-order chi connectivity index (χ0) is 8.27. The van der Waals surface area contributed by atoms with Crippen LogP contribution >= 0.6 is 23.2 Å². The van der Waals surface area contributed by atoms with Crippen molar-refractivity contribution in [2.75, 3.05) is 0 Å². The van der Waals surface area contributed by atoms with Crippen molar-refractivity contribution >= 4 is 23.2 Å². The lowest BCUT2D eigenvalue weighted by Gasteiger charge is -2.07. The van der Waals surface area contributed by atoms with Crippen molar-refractivity contribution in [3.05, 3.63) is 39.0 Å². The van der Waals surface area contributed by atoms with Gasteiger partial charge in [0.25, 0.3) is 0 Å². The van der Waals surface area contributed by atoms with Crippen LogP contribution < -0.4 is 5.48 Å². The maximum Gasteiger partial charge on any atom is 0.0595 e. The van der Waals surface area contributed by atoms with Gasteiger partial charge in [-0.25, -0.2) is 0 Å². The smallest absolute Gasteiger partial charge is 0.0595 e. The fraction of sp³-hybridized carbons (Fsp3) is 0.143. The largest absolute Gasteiger partial charge is 0.788 e. The number of hydrogen-bond donors (Lipinski definition) is 1. The molecule has 0 bridgehead atoms. The lowest BCUT2D eigenvalue weighted by Crippen LogP contribution is -2.01. The van der Waals surface area contributed by atoms with Gasteiger partial charge in [0.05, 0.1) is 10.0 Å². The fourth-order valence-corrected chi connectivity index (χ4v) is 1.05. The Morgan fingerprint density at radius 1 is 1.27 bits per heavy atom. The molecule has 2 nitrogen and oxygen atoms in total. The van der Waals surface area contributed by atoms with Gasteiger partial charge in [0.2, 0.25) is 0 Å². The van der Waals surface area contributed by atoms with Crippen LogP contribution in [0.25, 0.3) is 0 Å². The molecule has 0 unspecified atom stereocenters. The Kier molecular flexibility index (Phi) is 3.15. The van der Waals surface area contributed by atoms with Gasteiger partial charge in [-0.1, -0.05) is 29.3 Å². The number of benzene rings is 1. The van der Waals surface area contributed by atoms with Crippen molar-refractivity contribution in [1.82, 2.24) is 5.48 Å². The summed E-state index contributed by atoms with van der Waals surface area (Å²) in [5.74, 6) is 0. The summed E-state index contributed by atoms with van der Waals surface area (Å²) in [6, 6.07) is 5.07. The SMILES string of the molecule is [O-]NCc1ccc(Cl)c(Cl)c1. The summed E-state index contributed by atoms with van der Waals surface area (Å²) < 4.78 is 0. The van der Waals surface area contributed by atoms with Crippen LogP contribution in [0.5, 0.6) is 0 Å². The highest BCUT2D eigenvalue weighted by atomic mass is 35.5. The Morgan fingerprint density at radius 3 is 2.55 bits per heavy atom. The van der Waals surface area contributed by atoms with E-state index in [4.69, 9.17) is 23.2 Å². The third kappa shape index (κ3) is 2.34. The van der Waals surface area contributed by atoms with E-state index in [9.17, 15) is 5.21 Å². The molecule has 0 aliphatic carbocycles. The zero-order valence-electron chi connectivity index (χ0n) is 5.60. The normalized spacial score (nSPS) is 10.1. The maximum atomic E-state index is 9.97. The first-order valence-electron chi connectivity index (χ1n) is 3.03. The molecule has 1 N–H and O–H groups in total. The third-order valence-corrected chi connectivity index (χ3v) is 2.00. The molecule has 1 aromatic rings. The summed E-state index contributed by atoms with van der Waals surface area (Å²) >= 11 is 11.3. The molecule has 0 aliphatic rings. The summed E-state index contributed by atoms with van der Waals surface area (Å²) in [4.78, 5) is 0. The first-order chi connectivity index (χ1) is 5.24. The monoisotopic (exact) mass is 190 g/mol. The van der Waals surface area contributed by atoms with Crippen LogP contribution in [0.4, 0.5) is 0 Å². The molecule has 4 heteroatoms. The zero-order valence-corrected chi connectivity index (χ0v) is 7.12. The standard InChI is InChI=1S/C7H6Cl2NO/c8-6-2-1-5(4-10-11)3-7(6)9/h1-3,10H,4H2/q-1. The first kappa shape index (κ1) is 8.81. The Bertz CT molecular complexity index is 252. The van der Waals surface area contributed by atoms with Crippen molar-refractivity contribution in [2.45, 2.75) is 6.54 Å². The second kappa shape index (κ2) is 3.93. The van der Waals surface area contributed by atoms with Crippen molar-refractivity contribution in [3.63, 3.8) is 0 Å². The molecule has 0 atom stereocenters. The van der Waals surface area contributed by atoms with E-state index < -0.39 is 0 Å². The van der Waals surface area contributed by atoms with Crippen LogP contribution in [0.1, 0.15) is 5.56 Å². The molecule has 0 heterocycles. The van der Waals surface area contributed by atoms with Gasteiger partial charge < -0.3 is 10.7 Å². The van der Waals surface area contributed by atoms with Gasteiger partial charge in [-0.05, 0) is 17.7 Å². The van der Waals surface area contributed by atoms with E-state index in [1.165, 1.54) is 0 Å². The highest BCUT2D eigenvalue weighted by Gasteiger charge is 1.96. The van der Waals surface area contributed by atoms with Gasteiger partial charge in [0.1, 0.15) is 0 Å². The van der Waals surface area contributed by atoms with Gasteiger partial charge in [0, 0.05) is 6.54 Å². The minimum atomic E-state index is 0.261. The number of hydrogen-bond acceptors (Lipinski definition) is 2. The first-order valence-corrected chi connectivity index (χ1v) is 3.78. The predicted octanol–water partition coefficient (Wildman–Crippen LogP) is 2.58. The summed E-state index contributed by atoms with van der Waals surface area (Å²) in [7, 11) is 0. The summed E-state index contributed by atoms with van der Waals surface area (Å²) in [6.45, 7) is 0.261. The number of rotatable bonds is 2. The van der Waals surface area contributed by atoms with Crippen LogP contribution in [0, 0.1) is 5.21 Å². The Balaban J connectivity index is 2.86. The molecule has 0 aromatic heterocycles. The molecule has 1 aromatic carbocycles. The van der Waals surface area contributed by atoms with Crippen molar-refractivity contribution < 1.29 is 0 Å². The number of nitrogens with one attached hydrogen (secondary N) is 1. The van der Waals surface area contributed by atoms with E-state index in [1.54, 1.807) is 23.7 Å². The van der Waals surface area contributed by atoms with E-state index in [2.05, 4.69) is 0 Å².